The average Bonchev–Trinajstić information content (AvgIpc) is 3.08. The lowest BCUT2D eigenvalue weighted by Crippen LogP contribution is -2.27. The van der Waals surface area contributed by atoms with Gasteiger partial charge in [0, 0.05) is 38.8 Å². The van der Waals surface area contributed by atoms with Crippen molar-refractivity contribution < 1.29 is 14.6 Å². The number of aryl methyl sites for hydroxylation is 3. The Morgan fingerprint density at radius 2 is 2.00 bits per heavy atom. The molecule has 3 aromatic heterocycles. The van der Waals surface area contributed by atoms with Gasteiger partial charge >= 0.3 is 0 Å². The normalized spacial score (nSPS) is 15.2. The number of carbonyl (C=O) groups excluding carboxylic acids is 1. The molecule has 164 valence electrons. The van der Waals surface area contributed by atoms with E-state index in [-0.39, 0.29) is 12.4 Å². The Kier molecular flexibility index (Phi) is 5.99. The first kappa shape index (κ1) is 22.1. The molecular weight excluding hydrogens is 408 g/mol. The lowest BCUT2D eigenvalue weighted by molar-refractivity contribution is -0.138. The Bertz CT molecular complexity index is 1130. The quantitative estimate of drug-likeness (QED) is 0.571. The molecule has 5 nitrogen and oxygen atoms in total. The van der Waals surface area contributed by atoms with E-state index in [1.54, 1.807) is 24.5 Å². The molecule has 31 heavy (non-hydrogen) atoms. The number of ketones is 1. The number of Topliss-reactive ketones (excluding diaryl/α,β-unsaturated/α-hetero) is 1. The van der Waals surface area contributed by atoms with Crippen LogP contribution in [0, 0.1) is 6.92 Å². The van der Waals surface area contributed by atoms with E-state index in [0.717, 1.165) is 51.9 Å². The van der Waals surface area contributed by atoms with Crippen molar-refractivity contribution in [3.05, 3.63) is 45.7 Å². The Labute approximate surface area is 187 Å². The van der Waals surface area contributed by atoms with E-state index in [4.69, 9.17) is 9.72 Å². The average molecular weight is 439 g/mol. The Hall–Kier alpha value is -2.15. The van der Waals surface area contributed by atoms with Crippen LogP contribution in [-0.4, -0.2) is 26.5 Å². The fraction of sp³-hybridized carbons (Fsp3) is 0.480. The third-order valence-electron chi connectivity index (χ3n) is 5.71. The fourth-order valence-corrected chi connectivity index (χ4v) is 5.72. The lowest BCUT2D eigenvalue weighted by Gasteiger charge is -2.29. The molecule has 0 amide bonds. The Morgan fingerprint density at radius 1 is 1.26 bits per heavy atom. The second kappa shape index (κ2) is 8.41. The molecule has 1 N–H and O–H groups in total. The van der Waals surface area contributed by atoms with Gasteiger partial charge in [-0.15, -0.1) is 11.3 Å². The first-order valence-electron chi connectivity index (χ1n) is 10.9. The highest BCUT2D eigenvalue weighted by Crippen LogP contribution is 2.45. The number of fused-ring (bicyclic) bond motifs is 3. The maximum atomic E-state index is 12.8. The molecule has 4 rings (SSSR count). The van der Waals surface area contributed by atoms with Crippen molar-refractivity contribution in [1.29, 1.82) is 0 Å². The van der Waals surface area contributed by atoms with E-state index >= 15 is 0 Å². The molecule has 0 aliphatic heterocycles. The van der Waals surface area contributed by atoms with E-state index in [9.17, 15) is 9.90 Å². The molecule has 0 saturated heterocycles. The van der Waals surface area contributed by atoms with E-state index in [2.05, 4.69) is 4.98 Å². The third kappa shape index (κ3) is 4.29. The molecule has 0 spiro atoms. The molecular formula is C25H30N2O3S. The minimum atomic E-state index is -0.705. The van der Waals surface area contributed by atoms with Crippen molar-refractivity contribution in [1.82, 2.24) is 9.97 Å². The molecule has 1 aliphatic carbocycles. The van der Waals surface area contributed by atoms with Crippen LogP contribution in [0.25, 0.3) is 21.3 Å². The number of hydrogen-bond donors (Lipinski definition) is 1. The number of aliphatic hydroxyl groups excluding tert-OH is 1. The second-order valence-corrected chi connectivity index (χ2v) is 10.4. The fourth-order valence-electron chi connectivity index (χ4n) is 4.40. The zero-order chi connectivity index (χ0) is 22.3. The molecule has 0 bridgehead atoms. The maximum Gasteiger partial charge on any atom is 0.163 e. The highest BCUT2D eigenvalue weighted by Gasteiger charge is 2.32. The number of ether oxygens (including phenoxy) is 1. The van der Waals surface area contributed by atoms with Crippen LogP contribution in [0.2, 0.25) is 0 Å². The van der Waals surface area contributed by atoms with Crippen LogP contribution in [0.15, 0.2) is 18.3 Å². The molecule has 3 heterocycles. The molecule has 0 saturated carbocycles. The molecule has 1 atom stereocenters. The number of thiophene rings is 1. The third-order valence-corrected chi connectivity index (χ3v) is 6.90. The molecule has 0 radical (unpaired) electrons. The molecule has 0 fully saturated rings. The number of carbonyl (C=O) groups is 1. The van der Waals surface area contributed by atoms with Crippen LogP contribution in [-0.2, 0) is 29.0 Å². The second-order valence-electron chi connectivity index (χ2n) is 9.29. The van der Waals surface area contributed by atoms with Gasteiger partial charge in [-0.1, -0.05) is 6.07 Å². The van der Waals surface area contributed by atoms with E-state index in [1.165, 1.54) is 16.9 Å². The largest absolute Gasteiger partial charge is 0.390 e. The molecule has 0 unspecified atom stereocenters. The summed E-state index contributed by atoms with van der Waals surface area (Å²) in [6.45, 7) is 9.35. The first-order valence-corrected chi connectivity index (χ1v) is 11.7. The zero-order valence-electron chi connectivity index (χ0n) is 18.9. The van der Waals surface area contributed by atoms with Crippen LogP contribution >= 0.6 is 11.3 Å². The monoisotopic (exact) mass is 438 g/mol. The summed E-state index contributed by atoms with van der Waals surface area (Å²) in [7, 11) is 0. The number of rotatable bonds is 5. The predicted octanol–water partition coefficient (Wildman–Crippen LogP) is 5.48. The summed E-state index contributed by atoms with van der Waals surface area (Å²) in [5.74, 6) is -0.0375. The minimum absolute atomic E-state index is 0.0375. The Balaban J connectivity index is 2.06. The summed E-state index contributed by atoms with van der Waals surface area (Å²) in [6, 6.07) is 3.82. The van der Waals surface area contributed by atoms with Gasteiger partial charge in [0.2, 0.25) is 0 Å². The number of pyridine rings is 2. The predicted molar refractivity (Wildman–Crippen MR) is 124 cm³/mol. The van der Waals surface area contributed by atoms with Crippen LogP contribution in [0.1, 0.15) is 74.0 Å². The van der Waals surface area contributed by atoms with Gasteiger partial charge in [0.15, 0.2) is 5.78 Å². The van der Waals surface area contributed by atoms with Crippen molar-refractivity contribution in [2.75, 3.05) is 0 Å². The van der Waals surface area contributed by atoms with Gasteiger partial charge in [0.1, 0.15) is 10.9 Å². The number of nitrogens with zero attached hydrogens (tertiary/aromatic N) is 2. The van der Waals surface area contributed by atoms with E-state index in [0.29, 0.717) is 5.69 Å². The van der Waals surface area contributed by atoms with E-state index < -0.39 is 11.7 Å². The van der Waals surface area contributed by atoms with Crippen LogP contribution in [0.4, 0.5) is 0 Å². The number of aliphatic hydroxyl groups is 1. The highest BCUT2D eigenvalue weighted by molar-refractivity contribution is 7.19. The lowest BCUT2D eigenvalue weighted by atomic mass is 9.87. The standard InChI is InChI=1S/C25H30N2O3S/c1-14-20(23(15(2)29)30-25(3,4)5)21(16-10-11-17(13-28)26-12-16)22-18-8-6-7-9-19(18)31-24(22)27-14/h10-12,23,28H,6-9,13H2,1-5H3/t23-/m1/s1. The summed E-state index contributed by atoms with van der Waals surface area (Å²) in [5, 5.41) is 10.6. The van der Waals surface area contributed by atoms with Crippen molar-refractivity contribution in [3.63, 3.8) is 0 Å². The van der Waals surface area contributed by atoms with Gasteiger partial charge in [-0.05, 0) is 71.9 Å². The summed E-state index contributed by atoms with van der Waals surface area (Å²) in [5.41, 5.74) is 5.08. The van der Waals surface area contributed by atoms with Crippen molar-refractivity contribution in [3.8, 4) is 11.1 Å². The van der Waals surface area contributed by atoms with E-state index in [1.807, 2.05) is 39.8 Å². The molecule has 1 aliphatic rings. The SMILES string of the molecule is CC(=O)[C@@H](OC(C)(C)C)c1c(C)nc2sc3c(c2c1-c1ccc(CO)nc1)CCCC3. The van der Waals surface area contributed by atoms with Gasteiger partial charge < -0.3 is 9.84 Å². The van der Waals surface area contributed by atoms with Crippen molar-refractivity contribution in [2.24, 2.45) is 0 Å². The molecule has 6 heteroatoms. The summed E-state index contributed by atoms with van der Waals surface area (Å²) in [4.78, 5) is 24.6. The van der Waals surface area contributed by atoms with Gasteiger partial charge in [-0.2, -0.15) is 0 Å². The van der Waals surface area contributed by atoms with Crippen molar-refractivity contribution in [2.45, 2.75) is 78.6 Å². The van der Waals surface area contributed by atoms with Crippen molar-refractivity contribution >= 4 is 27.3 Å². The summed E-state index contributed by atoms with van der Waals surface area (Å²) in [6.07, 6.45) is 5.57. The van der Waals surface area contributed by atoms with Crippen LogP contribution < -0.4 is 0 Å². The Morgan fingerprint density at radius 3 is 2.61 bits per heavy atom. The van der Waals surface area contributed by atoms with Gasteiger partial charge in [0.05, 0.1) is 17.9 Å². The first-order chi connectivity index (χ1) is 14.7. The van der Waals surface area contributed by atoms with Crippen LogP contribution in [0.5, 0.6) is 0 Å². The van der Waals surface area contributed by atoms with Gasteiger partial charge in [-0.25, -0.2) is 4.98 Å². The maximum absolute atomic E-state index is 12.8. The minimum Gasteiger partial charge on any atom is -0.390 e. The van der Waals surface area contributed by atoms with Gasteiger partial charge in [-0.3, -0.25) is 9.78 Å². The summed E-state index contributed by atoms with van der Waals surface area (Å²) >= 11 is 1.78. The smallest absolute Gasteiger partial charge is 0.163 e. The number of aromatic nitrogens is 2. The highest BCUT2D eigenvalue weighted by atomic mass is 32.1. The summed E-state index contributed by atoms with van der Waals surface area (Å²) < 4.78 is 6.30. The number of hydrogen-bond acceptors (Lipinski definition) is 6. The molecule has 3 aromatic rings. The van der Waals surface area contributed by atoms with Crippen LogP contribution in [0.3, 0.4) is 0 Å². The topological polar surface area (TPSA) is 72.3 Å². The van der Waals surface area contributed by atoms with Gasteiger partial charge in [0.25, 0.3) is 0 Å². The molecule has 0 aromatic carbocycles. The zero-order valence-corrected chi connectivity index (χ0v) is 19.7.